The van der Waals surface area contributed by atoms with Gasteiger partial charge in [0.2, 0.25) is 0 Å². The molecule has 2 fully saturated rings. The van der Waals surface area contributed by atoms with Gasteiger partial charge in [-0.3, -0.25) is 4.90 Å². The first-order valence-electron chi connectivity index (χ1n) is 11.8. The van der Waals surface area contributed by atoms with Gasteiger partial charge >= 0.3 is 6.09 Å². The van der Waals surface area contributed by atoms with E-state index in [0.717, 1.165) is 57.7 Å². The molecule has 2 bridgehead atoms. The zero-order chi connectivity index (χ0) is 22.1. The molecule has 2 aromatic rings. The van der Waals surface area contributed by atoms with E-state index in [4.69, 9.17) is 4.74 Å². The van der Waals surface area contributed by atoms with Crippen molar-refractivity contribution < 1.29 is 9.53 Å². The number of likely N-dealkylation sites (tertiary alicyclic amines) is 1. The molecule has 0 N–H and O–H groups in total. The Balaban J connectivity index is 1.27. The minimum atomic E-state index is -0.191. The van der Waals surface area contributed by atoms with Gasteiger partial charge in [-0.1, -0.05) is 48.6 Å². The van der Waals surface area contributed by atoms with Gasteiger partial charge in [0.1, 0.15) is 6.61 Å². The summed E-state index contributed by atoms with van der Waals surface area (Å²) in [6, 6.07) is 17.0. The quantitative estimate of drug-likeness (QED) is 0.627. The Labute approximate surface area is 191 Å². The van der Waals surface area contributed by atoms with Crippen LogP contribution in [0.25, 0.3) is 0 Å². The fraction of sp³-hybridized carbons (Fsp3) is 0.444. The van der Waals surface area contributed by atoms with E-state index in [9.17, 15) is 4.79 Å². The molecule has 0 saturated carbocycles. The van der Waals surface area contributed by atoms with Crippen LogP contribution < -0.4 is 4.90 Å². The lowest BCUT2D eigenvalue weighted by molar-refractivity contribution is 0.0694. The lowest BCUT2D eigenvalue weighted by Gasteiger charge is -2.36. The van der Waals surface area contributed by atoms with Crippen molar-refractivity contribution in [2.45, 2.75) is 38.3 Å². The van der Waals surface area contributed by atoms with E-state index < -0.39 is 0 Å². The second-order valence-corrected chi connectivity index (χ2v) is 9.50. The summed E-state index contributed by atoms with van der Waals surface area (Å²) in [4.78, 5) is 19.9. The van der Waals surface area contributed by atoms with Gasteiger partial charge in [0.05, 0.1) is 6.04 Å². The van der Waals surface area contributed by atoms with Crippen LogP contribution >= 0.6 is 0 Å². The maximum atomic E-state index is 13.0. The maximum absolute atomic E-state index is 13.0. The first kappa shape index (κ1) is 21.1. The molecular formula is C27H33N3O2. The fourth-order valence-corrected chi connectivity index (χ4v) is 5.53. The second-order valence-electron chi connectivity index (χ2n) is 9.50. The van der Waals surface area contributed by atoms with Crippen molar-refractivity contribution in [3.8, 4) is 0 Å². The summed E-state index contributed by atoms with van der Waals surface area (Å²) >= 11 is 0. The predicted octanol–water partition coefficient (Wildman–Crippen LogP) is 4.96. The first-order chi connectivity index (χ1) is 15.6. The zero-order valence-electron chi connectivity index (χ0n) is 19.0. The summed E-state index contributed by atoms with van der Waals surface area (Å²) in [5.41, 5.74) is 6.28. The van der Waals surface area contributed by atoms with Gasteiger partial charge < -0.3 is 14.5 Å². The normalized spacial score (nSPS) is 22.5. The molecule has 0 aromatic heterocycles. The SMILES string of the molecule is C=C(C)CN1CCN(c2ccc3c(c2)C2C[C@H]3CCN2C(=O)OCc2ccccc2)CC1. The number of fused-ring (bicyclic) bond motifs is 5. The largest absolute Gasteiger partial charge is 0.445 e. The van der Waals surface area contributed by atoms with E-state index >= 15 is 0 Å². The molecule has 3 aliphatic rings. The van der Waals surface area contributed by atoms with Crippen LogP contribution in [0.5, 0.6) is 0 Å². The van der Waals surface area contributed by atoms with E-state index in [-0.39, 0.29) is 12.1 Å². The highest BCUT2D eigenvalue weighted by Crippen LogP contribution is 2.50. The molecule has 0 radical (unpaired) electrons. The molecule has 2 heterocycles. The monoisotopic (exact) mass is 431 g/mol. The molecule has 2 atom stereocenters. The van der Waals surface area contributed by atoms with E-state index in [0.29, 0.717) is 12.5 Å². The minimum absolute atomic E-state index is 0.136. The lowest BCUT2D eigenvalue weighted by atomic mass is 9.96. The number of anilines is 1. The Morgan fingerprint density at radius 2 is 1.81 bits per heavy atom. The summed E-state index contributed by atoms with van der Waals surface area (Å²) in [5.74, 6) is 0.564. The Kier molecular flexibility index (Phi) is 5.92. The molecule has 2 aliphatic heterocycles. The van der Waals surface area contributed by atoms with Gasteiger partial charge in [-0.2, -0.15) is 0 Å². The van der Waals surface area contributed by atoms with Crippen molar-refractivity contribution in [1.29, 1.82) is 0 Å². The highest BCUT2D eigenvalue weighted by atomic mass is 16.6. The number of amides is 1. The van der Waals surface area contributed by atoms with Gasteiger partial charge in [0.15, 0.2) is 0 Å². The van der Waals surface area contributed by atoms with Gasteiger partial charge in [0.25, 0.3) is 0 Å². The fourth-order valence-electron chi connectivity index (χ4n) is 5.53. The van der Waals surface area contributed by atoms with E-state index in [1.165, 1.54) is 22.4 Å². The van der Waals surface area contributed by atoms with Crippen LogP contribution in [0.3, 0.4) is 0 Å². The predicted molar refractivity (Wildman–Crippen MR) is 128 cm³/mol. The molecule has 1 amide bonds. The van der Waals surface area contributed by atoms with Crippen LogP contribution in [0.1, 0.15) is 48.4 Å². The first-order valence-corrected chi connectivity index (χ1v) is 11.8. The standard InChI is InChI=1S/C27H33N3O2/c1-20(2)18-28-12-14-29(15-13-28)23-8-9-24-22-10-11-30(26(16-22)25(24)17-23)27(31)32-19-21-6-4-3-5-7-21/h3-9,17,22,26H,1,10-16,18-19H2,2H3/t22-,26?/m1/s1. The molecule has 2 aromatic carbocycles. The number of carbonyl (C=O) groups is 1. The molecule has 32 heavy (non-hydrogen) atoms. The molecule has 5 rings (SSSR count). The van der Waals surface area contributed by atoms with E-state index in [1.807, 2.05) is 35.2 Å². The molecule has 1 aliphatic carbocycles. The zero-order valence-corrected chi connectivity index (χ0v) is 19.0. The number of ether oxygens (including phenoxy) is 1. The summed E-state index contributed by atoms with van der Waals surface area (Å²) in [6.45, 7) is 12.4. The summed E-state index contributed by atoms with van der Waals surface area (Å²) in [6.07, 6.45) is 1.85. The number of piperidine rings is 1. The summed E-state index contributed by atoms with van der Waals surface area (Å²) < 4.78 is 5.69. The van der Waals surface area contributed by atoms with Crippen LogP contribution in [0.2, 0.25) is 0 Å². The number of piperazine rings is 1. The number of hydrogen-bond donors (Lipinski definition) is 0. The number of hydrogen-bond acceptors (Lipinski definition) is 4. The summed E-state index contributed by atoms with van der Waals surface area (Å²) in [5, 5.41) is 0. The number of carbonyl (C=O) groups excluding carboxylic acids is 1. The van der Waals surface area contributed by atoms with Crippen molar-refractivity contribution in [2.24, 2.45) is 0 Å². The minimum Gasteiger partial charge on any atom is -0.445 e. The third-order valence-electron chi connectivity index (χ3n) is 7.14. The molecule has 2 saturated heterocycles. The number of nitrogens with zero attached hydrogens (tertiary/aromatic N) is 3. The highest BCUT2D eigenvalue weighted by Gasteiger charge is 2.41. The Morgan fingerprint density at radius 3 is 2.56 bits per heavy atom. The molecule has 5 nitrogen and oxygen atoms in total. The Hall–Kier alpha value is -2.79. The smallest absolute Gasteiger partial charge is 0.410 e. The highest BCUT2D eigenvalue weighted by molar-refractivity contribution is 5.70. The van der Waals surface area contributed by atoms with Crippen LogP contribution in [0.15, 0.2) is 60.7 Å². The Bertz CT molecular complexity index is 982. The molecule has 1 unspecified atom stereocenters. The van der Waals surface area contributed by atoms with Crippen molar-refractivity contribution in [2.75, 3.05) is 44.2 Å². The average molecular weight is 432 g/mol. The van der Waals surface area contributed by atoms with Crippen LogP contribution in [0, 0.1) is 0 Å². The third kappa shape index (κ3) is 4.26. The van der Waals surface area contributed by atoms with Crippen molar-refractivity contribution in [3.63, 3.8) is 0 Å². The number of rotatable bonds is 5. The van der Waals surface area contributed by atoms with Gasteiger partial charge in [-0.25, -0.2) is 4.79 Å². The van der Waals surface area contributed by atoms with Crippen LogP contribution in [-0.2, 0) is 11.3 Å². The topological polar surface area (TPSA) is 36.0 Å². The molecule has 5 heteroatoms. The van der Waals surface area contributed by atoms with Gasteiger partial charge in [-0.05, 0) is 54.5 Å². The third-order valence-corrected chi connectivity index (χ3v) is 7.14. The molecule has 168 valence electrons. The molecular weight excluding hydrogens is 398 g/mol. The van der Waals surface area contributed by atoms with Gasteiger partial charge in [-0.15, -0.1) is 0 Å². The van der Waals surface area contributed by atoms with Crippen molar-refractivity contribution in [3.05, 3.63) is 77.4 Å². The maximum Gasteiger partial charge on any atom is 0.410 e. The van der Waals surface area contributed by atoms with Gasteiger partial charge in [0, 0.05) is 45.0 Å². The van der Waals surface area contributed by atoms with Crippen molar-refractivity contribution in [1.82, 2.24) is 9.80 Å². The summed E-state index contributed by atoms with van der Waals surface area (Å²) in [7, 11) is 0. The van der Waals surface area contributed by atoms with Crippen LogP contribution in [-0.4, -0.2) is 55.2 Å². The van der Waals surface area contributed by atoms with Crippen molar-refractivity contribution >= 4 is 11.8 Å². The number of benzene rings is 2. The molecule has 0 spiro atoms. The second kappa shape index (κ2) is 8.99. The van der Waals surface area contributed by atoms with Crippen LogP contribution in [0.4, 0.5) is 10.5 Å². The Morgan fingerprint density at radius 1 is 1.03 bits per heavy atom. The van der Waals surface area contributed by atoms with E-state index in [2.05, 4.69) is 41.5 Å². The average Bonchev–Trinajstić information content (AvgIpc) is 3.09. The lowest BCUT2D eigenvalue weighted by Crippen LogP contribution is -2.46. The van der Waals surface area contributed by atoms with E-state index in [1.54, 1.807) is 0 Å².